The largest absolute Gasteiger partial charge is 0.465 e. The van der Waals surface area contributed by atoms with E-state index in [1.165, 1.54) is 12.3 Å². The Morgan fingerprint density at radius 2 is 1.56 bits per heavy atom. The maximum atomic E-state index is 14.4. The molecule has 1 fully saturated rings. The van der Waals surface area contributed by atoms with Crippen molar-refractivity contribution in [2.45, 2.75) is 56.0 Å². The topological polar surface area (TPSA) is 118 Å². The average molecular weight is 623 g/mol. The third kappa shape index (κ3) is 5.21. The minimum Gasteiger partial charge on any atom is -0.465 e. The number of benzene rings is 3. The zero-order chi connectivity index (χ0) is 32.1. The summed E-state index contributed by atoms with van der Waals surface area (Å²) in [4.78, 5) is 33.0. The highest BCUT2D eigenvalue weighted by molar-refractivity contribution is 7.90. The van der Waals surface area contributed by atoms with Crippen molar-refractivity contribution in [1.82, 2.24) is 9.88 Å². The zero-order valence-corrected chi connectivity index (χ0v) is 26.4. The maximum absolute atomic E-state index is 14.4. The van der Waals surface area contributed by atoms with Gasteiger partial charge in [-0.15, -0.1) is 0 Å². The molecule has 9 heteroatoms. The molecular formula is C36H34N2O6S. The molecule has 0 spiro atoms. The molecule has 0 bridgehead atoms. The number of carbonyl (C=O) groups is 1. The van der Waals surface area contributed by atoms with E-state index in [2.05, 4.69) is 4.98 Å². The van der Waals surface area contributed by atoms with Gasteiger partial charge in [0.1, 0.15) is 11.5 Å². The summed E-state index contributed by atoms with van der Waals surface area (Å²) in [6.07, 6.45) is 4.01. The van der Waals surface area contributed by atoms with Gasteiger partial charge in [-0.1, -0.05) is 72.8 Å². The lowest BCUT2D eigenvalue weighted by Gasteiger charge is -2.54. The molecular weight excluding hydrogens is 588 g/mol. The van der Waals surface area contributed by atoms with Gasteiger partial charge >= 0.3 is 6.09 Å². The van der Waals surface area contributed by atoms with Crippen LogP contribution in [-0.4, -0.2) is 41.3 Å². The highest BCUT2D eigenvalue weighted by Crippen LogP contribution is 2.50. The molecule has 0 saturated heterocycles. The van der Waals surface area contributed by atoms with Gasteiger partial charge in [0.15, 0.2) is 15.4 Å². The third-order valence-electron chi connectivity index (χ3n) is 8.57. The number of hydrogen-bond donors (Lipinski definition) is 1. The van der Waals surface area contributed by atoms with Crippen LogP contribution in [0, 0.1) is 0 Å². The molecule has 8 nitrogen and oxygen atoms in total. The Hall–Kier alpha value is -4.76. The van der Waals surface area contributed by atoms with Crippen molar-refractivity contribution < 1.29 is 22.7 Å². The lowest BCUT2D eigenvalue weighted by Crippen LogP contribution is -2.60. The van der Waals surface area contributed by atoms with Crippen LogP contribution in [0.25, 0.3) is 44.7 Å². The van der Waals surface area contributed by atoms with Gasteiger partial charge in [0.2, 0.25) is 5.43 Å². The molecule has 1 aliphatic rings. The molecule has 1 N–H and O–H groups in total. The first-order chi connectivity index (χ1) is 21.3. The fourth-order valence-corrected chi connectivity index (χ4v) is 7.46. The fraction of sp³-hybridized carbons (Fsp3) is 0.250. The first kappa shape index (κ1) is 30.3. The van der Waals surface area contributed by atoms with Crippen LogP contribution < -0.4 is 5.43 Å². The van der Waals surface area contributed by atoms with Crippen molar-refractivity contribution in [2.75, 3.05) is 6.26 Å². The smallest absolute Gasteiger partial charge is 0.408 e. The minimum absolute atomic E-state index is 0.0872. The van der Waals surface area contributed by atoms with Crippen LogP contribution in [0.5, 0.6) is 0 Å². The molecule has 1 aliphatic carbocycles. The molecule has 45 heavy (non-hydrogen) atoms. The van der Waals surface area contributed by atoms with Crippen molar-refractivity contribution in [3.8, 4) is 33.7 Å². The van der Waals surface area contributed by atoms with Crippen molar-refractivity contribution in [3.05, 3.63) is 107 Å². The summed E-state index contributed by atoms with van der Waals surface area (Å²) in [5.74, 6) is 0.326. The van der Waals surface area contributed by atoms with Crippen molar-refractivity contribution in [1.29, 1.82) is 0 Å². The zero-order valence-electron chi connectivity index (χ0n) is 25.6. The average Bonchev–Trinajstić information content (AvgIpc) is 2.98. The lowest BCUT2D eigenvalue weighted by molar-refractivity contribution is -0.0328. The Labute approximate surface area is 261 Å². The van der Waals surface area contributed by atoms with E-state index in [4.69, 9.17) is 4.42 Å². The SMILES string of the molecule is CC(C)(C)N(C(=O)O)C1(c2ccc(-c3c(-c4ccccc4)oc4c(-c5ccccc5S(C)(=O)=O)nccc4c3=O)cc2)CCC1. The number of pyridine rings is 1. The number of aromatic nitrogens is 1. The maximum Gasteiger partial charge on any atom is 0.408 e. The summed E-state index contributed by atoms with van der Waals surface area (Å²) in [5.41, 5.74) is 1.77. The summed E-state index contributed by atoms with van der Waals surface area (Å²) in [6.45, 7) is 5.71. The molecule has 1 amide bonds. The predicted molar refractivity (Wildman–Crippen MR) is 175 cm³/mol. The fourth-order valence-electron chi connectivity index (χ4n) is 6.57. The summed E-state index contributed by atoms with van der Waals surface area (Å²) in [6, 6.07) is 24.9. The number of amides is 1. The standard InChI is InChI=1S/C36H34N2O6S/c1-35(2,3)38(34(40)41)36(20-10-21-36)25-17-15-23(16-18-25)29-31(39)27-19-22-37-30(26-13-8-9-14-28(26)45(4,42)43)33(27)44-32(29)24-11-6-5-7-12-24/h5-9,11-19,22H,10,20-21H2,1-4H3,(H,40,41). The Bertz CT molecular complexity index is 2090. The van der Waals surface area contributed by atoms with E-state index in [1.807, 2.05) is 75.4 Å². The first-order valence-corrected chi connectivity index (χ1v) is 16.7. The van der Waals surface area contributed by atoms with Gasteiger partial charge < -0.3 is 9.52 Å². The molecule has 0 radical (unpaired) electrons. The van der Waals surface area contributed by atoms with Gasteiger partial charge in [0.05, 0.1) is 21.4 Å². The van der Waals surface area contributed by atoms with Gasteiger partial charge in [0.25, 0.3) is 0 Å². The molecule has 6 rings (SSSR count). The monoisotopic (exact) mass is 622 g/mol. The van der Waals surface area contributed by atoms with Crippen molar-refractivity contribution >= 4 is 26.9 Å². The number of rotatable bonds is 6. The second kappa shape index (κ2) is 11.0. The molecule has 0 aliphatic heterocycles. The van der Waals surface area contributed by atoms with Crippen LogP contribution in [-0.2, 0) is 15.4 Å². The normalized spacial score (nSPS) is 14.6. The minimum atomic E-state index is -3.61. The van der Waals surface area contributed by atoms with Gasteiger partial charge in [-0.25, -0.2) is 13.2 Å². The summed E-state index contributed by atoms with van der Waals surface area (Å²) < 4.78 is 31.9. The Morgan fingerprint density at radius 3 is 2.13 bits per heavy atom. The quantitative estimate of drug-likeness (QED) is 0.206. The number of hydrogen-bond acceptors (Lipinski definition) is 6. The molecule has 1 saturated carbocycles. The van der Waals surface area contributed by atoms with Crippen LogP contribution >= 0.6 is 0 Å². The summed E-state index contributed by atoms with van der Waals surface area (Å²) in [5, 5.41) is 10.5. The van der Waals surface area contributed by atoms with Gasteiger partial charge in [-0.05, 0) is 63.3 Å². The summed E-state index contributed by atoms with van der Waals surface area (Å²) >= 11 is 0. The number of carboxylic acid groups (broad SMARTS) is 1. The highest BCUT2D eigenvalue weighted by Gasteiger charge is 2.50. The Balaban J connectivity index is 1.57. The molecule has 230 valence electrons. The van der Waals surface area contributed by atoms with E-state index in [0.29, 0.717) is 40.9 Å². The van der Waals surface area contributed by atoms with E-state index < -0.39 is 27.0 Å². The van der Waals surface area contributed by atoms with Crippen LogP contribution in [0.4, 0.5) is 4.79 Å². The molecule has 0 unspecified atom stereocenters. The van der Waals surface area contributed by atoms with Crippen LogP contribution in [0.3, 0.4) is 0 Å². The summed E-state index contributed by atoms with van der Waals surface area (Å²) in [7, 11) is -3.61. The lowest BCUT2D eigenvalue weighted by atomic mass is 9.69. The Morgan fingerprint density at radius 1 is 0.911 bits per heavy atom. The van der Waals surface area contributed by atoms with Crippen LogP contribution in [0.1, 0.15) is 45.6 Å². The second-order valence-electron chi connectivity index (χ2n) is 12.6. The first-order valence-electron chi connectivity index (χ1n) is 14.8. The van der Waals surface area contributed by atoms with Crippen molar-refractivity contribution in [2.24, 2.45) is 0 Å². The molecule has 0 atom stereocenters. The molecule has 3 aromatic carbocycles. The number of nitrogens with zero attached hydrogens (tertiary/aromatic N) is 2. The van der Waals surface area contributed by atoms with Gasteiger partial charge in [-0.3, -0.25) is 14.7 Å². The van der Waals surface area contributed by atoms with E-state index in [9.17, 15) is 23.1 Å². The predicted octanol–water partition coefficient (Wildman–Crippen LogP) is 7.75. The van der Waals surface area contributed by atoms with E-state index >= 15 is 0 Å². The highest BCUT2D eigenvalue weighted by atomic mass is 32.2. The van der Waals surface area contributed by atoms with E-state index in [0.717, 1.165) is 18.2 Å². The van der Waals surface area contributed by atoms with Gasteiger partial charge in [-0.2, -0.15) is 0 Å². The van der Waals surface area contributed by atoms with E-state index in [-0.39, 0.29) is 27.0 Å². The van der Waals surface area contributed by atoms with Crippen LogP contribution in [0.15, 0.2) is 105 Å². The van der Waals surface area contributed by atoms with E-state index in [1.54, 1.807) is 29.2 Å². The van der Waals surface area contributed by atoms with Crippen LogP contribution in [0.2, 0.25) is 0 Å². The molecule has 5 aromatic rings. The number of fused-ring (bicyclic) bond motifs is 1. The van der Waals surface area contributed by atoms with Crippen molar-refractivity contribution in [3.63, 3.8) is 0 Å². The second-order valence-corrected chi connectivity index (χ2v) is 14.5. The van der Waals surface area contributed by atoms with Gasteiger partial charge in [0, 0.05) is 29.1 Å². The Kier molecular flexibility index (Phi) is 7.40. The molecule has 2 aromatic heterocycles. The third-order valence-corrected chi connectivity index (χ3v) is 9.72. The molecule has 2 heterocycles. The number of sulfone groups is 1.